The number of piperidine rings is 1. The zero-order chi connectivity index (χ0) is 17.2. The Morgan fingerprint density at radius 2 is 2.12 bits per heavy atom. The number of carbonyl (C=O) groups excluding carboxylic acids is 1. The van der Waals surface area contributed by atoms with E-state index in [9.17, 15) is 4.79 Å². The molecule has 25 heavy (non-hydrogen) atoms. The molecule has 0 spiro atoms. The molecule has 0 aliphatic carbocycles. The number of thiazole rings is 1. The van der Waals surface area contributed by atoms with Crippen LogP contribution in [0.1, 0.15) is 18.4 Å². The molecule has 1 aromatic heterocycles. The van der Waals surface area contributed by atoms with Crippen molar-refractivity contribution in [2.45, 2.75) is 19.8 Å². The molecular weight excluding hydrogens is 330 g/mol. The lowest BCUT2D eigenvalue weighted by molar-refractivity contribution is -0.120. The Morgan fingerprint density at radius 3 is 2.96 bits per heavy atom. The number of rotatable bonds is 3. The SMILES string of the molecule is Cc1cccc(NC(=O)C2CCCN(c3nc4ccccc4s3)C2)c1. The van der Waals surface area contributed by atoms with E-state index < -0.39 is 0 Å². The van der Waals surface area contributed by atoms with Crippen LogP contribution in [-0.4, -0.2) is 24.0 Å². The van der Waals surface area contributed by atoms with Crippen molar-refractivity contribution in [1.29, 1.82) is 0 Å². The number of para-hydroxylation sites is 1. The van der Waals surface area contributed by atoms with Crippen molar-refractivity contribution in [1.82, 2.24) is 4.98 Å². The summed E-state index contributed by atoms with van der Waals surface area (Å²) in [6.45, 7) is 3.73. The molecular formula is C20H21N3OS. The smallest absolute Gasteiger partial charge is 0.229 e. The van der Waals surface area contributed by atoms with E-state index in [1.165, 1.54) is 4.70 Å². The molecule has 1 N–H and O–H groups in total. The summed E-state index contributed by atoms with van der Waals surface area (Å²) in [6.07, 6.45) is 1.95. The van der Waals surface area contributed by atoms with E-state index in [1.54, 1.807) is 11.3 Å². The minimum atomic E-state index is 0.00118. The highest BCUT2D eigenvalue weighted by Gasteiger charge is 2.27. The third-order valence-electron chi connectivity index (χ3n) is 4.63. The summed E-state index contributed by atoms with van der Waals surface area (Å²) in [5, 5.41) is 4.09. The van der Waals surface area contributed by atoms with E-state index in [1.807, 2.05) is 49.4 Å². The zero-order valence-corrected chi connectivity index (χ0v) is 15.1. The molecule has 1 aliphatic rings. The maximum absolute atomic E-state index is 12.7. The van der Waals surface area contributed by atoms with Gasteiger partial charge in [0.25, 0.3) is 0 Å². The average molecular weight is 351 g/mol. The van der Waals surface area contributed by atoms with Gasteiger partial charge in [-0.2, -0.15) is 0 Å². The average Bonchev–Trinajstić information content (AvgIpc) is 3.06. The molecule has 2 aromatic carbocycles. The van der Waals surface area contributed by atoms with Crippen molar-refractivity contribution < 1.29 is 4.79 Å². The van der Waals surface area contributed by atoms with Gasteiger partial charge in [0.2, 0.25) is 5.91 Å². The molecule has 5 heteroatoms. The van der Waals surface area contributed by atoms with Crippen LogP contribution in [-0.2, 0) is 4.79 Å². The van der Waals surface area contributed by atoms with Crippen LogP contribution in [0.3, 0.4) is 0 Å². The van der Waals surface area contributed by atoms with E-state index in [-0.39, 0.29) is 11.8 Å². The molecule has 4 nitrogen and oxygen atoms in total. The molecule has 3 aromatic rings. The van der Waals surface area contributed by atoms with Crippen molar-refractivity contribution >= 4 is 38.3 Å². The highest BCUT2D eigenvalue weighted by atomic mass is 32.1. The molecule has 0 radical (unpaired) electrons. The standard InChI is InChI=1S/C20H21N3OS/c1-14-6-4-8-16(12-14)21-19(24)15-7-5-11-23(13-15)20-22-17-9-2-3-10-18(17)25-20/h2-4,6,8-10,12,15H,5,7,11,13H2,1H3,(H,21,24). The van der Waals surface area contributed by atoms with Crippen molar-refractivity contribution in [3.63, 3.8) is 0 Å². The molecule has 2 heterocycles. The number of amides is 1. The summed E-state index contributed by atoms with van der Waals surface area (Å²) in [4.78, 5) is 19.7. The van der Waals surface area contributed by atoms with Crippen molar-refractivity contribution in [3.8, 4) is 0 Å². The molecule has 1 aliphatic heterocycles. The second kappa shape index (κ2) is 6.84. The number of fused-ring (bicyclic) bond motifs is 1. The first-order valence-corrected chi connectivity index (χ1v) is 9.49. The summed E-state index contributed by atoms with van der Waals surface area (Å²) >= 11 is 1.71. The molecule has 1 amide bonds. The quantitative estimate of drug-likeness (QED) is 0.758. The number of aromatic nitrogens is 1. The van der Waals surface area contributed by atoms with Crippen LogP contribution in [0.2, 0.25) is 0 Å². The Hall–Kier alpha value is -2.40. The first-order valence-electron chi connectivity index (χ1n) is 8.67. The van der Waals surface area contributed by atoms with Gasteiger partial charge in [-0.25, -0.2) is 4.98 Å². The third-order valence-corrected chi connectivity index (χ3v) is 5.73. The lowest BCUT2D eigenvalue weighted by Crippen LogP contribution is -2.40. The molecule has 1 unspecified atom stereocenters. The van der Waals surface area contributed by atoms with Gasteiger partial charge >= 0.3 is 0 Å². The second-order valence-electron chi connectivity index (χ2n) is 6.61. The summed E-state index contributed by atoms with van der Waals surface area (Å²) in [5.74, 6) is 0.109. The van der Waals surface area contributed by atoms with Crippen LogP contribution < -0.4 is 10.2 Å². The molecule has 0 saturated carbocycles. The summed E-state index contributed by atoms with van der Waals surface area (Å²) in [5.41, 5.74) is 3.06. The summed E-state index contributed by atoms with van der Waals surface area (Å²) in [7, 11) is 0. The van der Waals surface area contributed by atoms with E-state index in [2.05, 4.69) is 16.3 Å². The van der Waals surface area contributed by atoms with Gasteiger partial charge in [-0.1, -0.05) is 35.6 Å². The number of anilines is 2. The highest BCUT2D eigenvalue weighted by molar-refractivity contribution is 7.22. The number of nitrogens with zero attached hydrogens (tertiary/aromatic N) is 2. The zero-order valence-electron chi connectivity index (χ0n) is 14.2. The molecule has 1 saturated heterocycles. The molecule has 1 atom stereocenters. The lowest BCUT2D eigenvalue weighted by atomic mass is 9.97. The van der Waals surface area contributed by atoms with Gasteiger partial charge in [0.05, 0.1) is 16.1 Å². The molecule has 4 rings (SSSR count). The highest BCUT2D eigenvalue weighted by Crippen LogP contribution is 2.31. The normalized spacial score (nSPS) is 17.6. The van der Waals surface area contributed by atoms with Crippen LogP contribution in [0, 0.1) is 12.8 Å². The van der Waals surface area contributed by atoms with Gasteiger partial charge in [0, 0.05) is 18.8 Å². The van der Waals surface area contributed by atoms with Gasteiger partial charge in [-0.3, -0.25) is 4.79 Å². The van der Waals surface area contributed by atoms with Gasteiger partial charge in [-0.15, -0.1) is 0 Å². The fourth-order valence-corrected chi connectivity index (χ4v) is 4.33. The second-order valence-corrected chi connectivity index (χ2v) is 7.62. The fourth-order valence-electron chi connectivity index (χ4n) is 3.33. The number of nitrogens with one attached hydrogen (secondary N) is 1. The van der Waals surface area contributed by atoms with Crippen molar-refractivity contribution in [2.75, 3.05) is 23.3 Å². The Bertz CT molecular complexity index is 872. The first-order chi connectivity index (χ1) is 12.2. The van der Waals surface area contributed by atoms with Crippen LogP contribution in [0.25, 0.3) is 10.2 Å². The van der Waals surface area contributed by atoms with Gasteiger partial charge in [0.15, 0.2) is 5.13 Å². The van der Waals surface area contributed by atoms with Crippen molar-refractivity contribution in [3.05, 3.63) is 54.1 Å². The van der Waals surface area contributed by atoms with Gasteiger partial charge in [-0.05, 0) is 49.6 Å². The maximum Gasteiger partial charge on any atom is 0.229 e. The van der Waals surface area contributed by atoms with Crippen LogP contribution in [0.5, 0.6) is 0 Å². The number of carbonyl (C=O) groups is 1. The van der Waals surface area contributed by atoms with E-state index in [4.69, 9.17) is 4.98 Å². The minimum Gasteiger partial charge on any atom is -0.347 e. The Morgan fingerprint density at radius 1 is 1.24 bits per heavy atom. The Balaban J connectivity index is 1.47. The van der Waals surface area contributed by atoms with Crippen LogP contribution >= 0.6 is 11.3 Å². The van der Waals surface area contributed by atoms with Crippen LogP contribution in [0.4, 0.5) is 10.8 Å². The van der Waals surface area contributed by atoms with Gasteiger partial charge in [0.1, 0.15) is 0 Å². The lowest BCUT2D eigenvalue weighted by Gasteiger charge is -2.31. The maximum atomic E-state index is 12.7. The largest absolute Gasteiger partial charge is 0.347 e. The number of benzene rings is 2. The summed E-state index contributed by atoms with van der Waals surface area (Å²) in [6, 6.07) is 16.2. The number of hydrogen-bond donors (Lipinski definition) is 1. The third kappa shape index (κ3) is 3.51. The first kappa shape index (κ1) is 16.1. The fraction of sp³-hybridized carbons (Fsp3) is 0.300. The molecule has 128 valence electrons. The van der Waals surface area contributed by atoms with E-state index in [0.29, 0.717) is 0 Å². The van der Waals surface area contributed by atoms with E-state index in [0.717, 1.165) is 47.8 Å². The number of hydrogen-bond acceptors (Lipinski definition) is 4. The van der Waals surface area contributed by atoms with Crippen LogP contribution in [0.15, 0.2) is 48.5 Å². The number of aryl methyl sites for hydroxylation is 1. The minimum absolute atomic E-state index is 0.00118. The van der Waals surface area contributed by atoms with E-state index >= 15 is 0 Å². The monoisotopic (exact) mass is 351 g/mol. The topological polar surface area (TPSA) is 45.2 Å². The predicted molar refractivity (Wildman–Crippen MR) is 104 cm³/mol. The predicted octanol–water partition coefficient (Wildman–Crippen LogP) is 4.46. The Kier molecular flexibility index (Phi) is 4.40. The Labute approximate surface area is 151 Å². The van der Waals surface area contributed by atoms with Gasteiger partial charge < -0.3 is 10.2 Å². The molecule has 1 fully saturated rings. The van der Waals surface area contributed by atoms with Crippen molar-refractivity contribution in [2.24, 2.45) is 5.92 Å². The molecule has 0 bridgehead atoms. The summed E-state index contributed by atoms with van der Waals surface area (Å²) < 4.78 is 1.20.